The van der Waals surface area contributed by atoms with Gasteiger partial charge in [0, 0.05) is 24.6 Å². The van der Waals surface area contributed by atoms with Crippen LogP contribution in [0, 0.1) is 10.1 Å². The van der Waals surface area contributed by atoms with Crippen molar-refractivity contribution in [3.05, 3.63) is 40.4 Å². The molecule has 0 radical (unpaired) electrons. The topological polar surface area (TPSA) is 77.3 Å². The number of rotatable bonds is 7. The van der Waals surface area contributed by atoms with E-state index in [9.17, 15) is 10.1 Å². The summed E-state index contributed by atoms with van der Waals surface area (Å²) in [7, 11) is 1.68. The molecule has 0 saturated heterocycles. The van der Waals surface area contributed by atoms with Crippen LogP contribution in [0.2, 0.25) is 0 Å². The van der Waals surface area contributed by atoms with E-state index in [4.69, 9.17) is 4.74 Å². The molecular formula is C15H19N3O3. The van der Waals surface area contributed by atoms with Crippen LogP contribution in [0.4, 0.5) is 11.5 Å². The van der Waals surface area contributed by atoms with E-state index in [2.05, 4.69) is 17.2 Å². The number of aromatic nitrogens is 1. The average molecular weight is 289 g/mol. The molecule has 0 spiro atoms. The number of hydrogen-bond donors (Lipinski definition) is 1. The van der Waals surface area contributed by atoms with Crippen molar-refractivity contribution in [2.24, 2.45) is 0 Å². The highest BCUT2D eigenvalue weighted by molar-refractivity contribution is 5.82. The van der Waals surface area contributed by atoms with Gasteiger partial charge in [-0.25, -0.2) is 4.98 Å². The maximum Gasteiger partial charge on any atom is 0.270 e. The van der Waals surface area contributed by atoms with Gasteiger partial charge in [-0.15, -0.1) is 0 Å². The monoisotopic (exact) mass is 289 g/mol. The molecule has 1 aromatic heterocycles. The van der Waals surface area contributed by atoms with Crippen molar-refractivity contribution < 1.29 is 9.66 Å². The van der Waals surface area contributed by atoms with Crippen molar-refractivity contribution in [3.63, 3.8) is 0 Å². The number of ether oxygens (including phenoxy) is 1. The number of nitrogens with zero attached hydrogens (tertiary/aromatic N) is 2. The zero-order chi connectivity index (χ0) is 15.2. The quantitative estimate of drug-likeness (QED) is 0.624. The minimum atomic E-state index is -0.401. The van der Waals surface area contributed by atoms with Gasteiger partial charge in [-0.05, 0) is 24.6 Å². The predicted molar refractivity (Wildman–Crippen MR) is 82.6 cm³/mol. The summed E-state index contributed by atoms with van der Waals surface area (Å²) in [5.74, 6) is 0.756. The molecule has 1 atom stereocenters. The zero-order valence-corrected chi connectivity index (χ0v) is 12.2. The zero-order valence-electron chi connectivity index (χ0n) is 12.2. The van der Waals surface area contributed by atoms with Gasteiger partial charge in [0.15, 0.2) is 0 Å². The van der Waals surface area contributed by atoms with E-state index in [1.807, 2.05) is 12.1 Å². The first-order valence-corrected chi connectivity index (χ1v) is 6.94. The van der Waals surface area contributed by atoms with Crippen LogP contribution in [0.15, 0.2) is 30.3 Å². The molecule has 1 unspecified atom stereocenters. The normalized spacial score (nSPS) is 12.3. The van der Waals surface area contributed by atoms with Gasteiger partial charge in [0.25, 0.3) is 5.69 Å². The van der Waals surface area contributed by atoms with Crippen molar-refractivity contribution in [2.75, 3.05) is 19.0 Å². The first-order valence-electron chi connectivity index (χ1n) is 6.94. The van der Waals surface area contributed by atoms with Gasteiger partial charge in [-0.3, -0.25) is 10.1 Å². The van der Waals surface area contributed by atoms with Gasteiger partial charge in [-0.1, -0.05) is 13.3 Å². The number of benzene rings is 1. The predicted octanol–water partition coefficient (Wildman–Crippen LogP) is 3.37. The molecule has 0 bridgehead atoms. The average Bonchev–Trinajstić information content (AvgIpc) is 2.47. The lowest BCUT2D eigenvalue weighted by Gasteiger charge is -2.17. The van der Waals surface area contributed by atoms with Crippen molar-refractivity contribution in [3.8, 4) is 0 Å². The Morgan fingerprint density at radius 1 is 1.38 bits per heavy atom. The molecule has 0 saturated carbocycles. The van der Waals surface area contributed by atoms with Crippen LogP contribution < -0.4 is 5.32 Å². The van der Waals surface area contributed by atoms with Crippen molar-refractivity contribution >= 4 is 22.4 Å². The number of nitro groups is 1. The van der Waals surface area contributed by atoms with E-state index in [0.717, 1.165) is 29.6 Å². The second kappa shape index (κ2) is 6.99. The number of nitro benzene ring substituents is 1. The fourth-order valence-electron chi connectivity index (χ4n) is 2.26. The first kappa shape index (κ1) is 15.2. The van der Waals surface area contributed by atoms with Crippen LogP contribution in [0.1, 0.15) is 19.8 Å². The second-order valence-corrected chi connectivity index (χ2v) is 4.92. The number of anilines is 1. The molecule has 21 heavy (non-hydrogen) atoms. The van der Waals surface area contributed by atoms with Crippen LogP contribution in [-0.4, -0.2) is 29.7 Å². The van der Waals surface area contributed by atoms with E-state index in [1.54, 1.807) is 13.2 Å². The molecule has 0 aliphatic rings. The highest BCUT2D eigenvalue weighted by Gasteiger charge is 2.10. The third kappa shape index (κ3) is 3.88. The largest absolute Gasteiger partial charge is 0.383 e. The number of fused-ring (bicyclic) bond motifs is 1. The van der Waals surface area contributed by atoms with Gasteiger partial charge in [0.1, 0.15) is 5.82 Å². The smallest absolute Gasteiger partial charge is 0.270 e. The van der Waals surface area contributed by atoms with E-state index < -0.39 is 4.92 Å². The molecule has 2 rings (SSSR count). The molecular weight excluding hydrogens is 270 g/mol. The molecule has 2 aromatic rings. The molecule has 112 valence electrons. The molecule has 0 fully saturated rings. The molecule has 6 heteroatoms. The Bertz CT molecular complexity index is 625. The second-order valence-electron chi connectivity index (χ2n) is 4.92. The number of hydrogen-bond acceptors (Lipinski definition) is 5. The number of nitrogens with one attached hydrogen (secondary N) is 1. The van der Waals surface area contributed by atoms with E-state index >= 15 is 0 Å². The summed E-state index contributed by atoms with van der Waals surface area (Å²) in [4.78, 5) is 14.8. The number of pyridine rings is 1. The SMILES string of the molecule is CCCC(COC)Nc1ccc2cc([N+](=O)[O-])ccc2n1. The fourth-order valence-corrected chi connectivity index (χ4v) is 2.26. The Morgan fingerprint density at radius 3 is 2.86 bits per heavy atom. The lowest BCUT2D eigenvalue weighted by molar-refractivity contribution is -0.384. The van der Waals surface area contributed by atoms with Crippen LogP contribution in [-0.2, 0) is 4.74 Å². The van der Waals surface area contributed by atoms with Crippen molar-refractivity contribution in [1.82, 2.24) is 4.98 Å². The van der Waals surface area contributed by atoms with Gasteiger partial charge in [-0.2, -0.15) is 0 Å². The third-order valence-corrected chi connectivity index (χ3v) is 3.24. The molecule has 0 aliphatic carbocycles. The third-order valence-electron chi connectivity index (χ3n) is 3.24. The standard InChI is InChI=1S/C15H19N3O3/c1-3-4-12(10-21-2)16-15-8-5-11-9-13(18(19)20)6-7-14(11)17-15/h5-9,12H,3-4,10H2,1-2H3,(H,16,17). The molecule has 0 aliphatic heterocycles. The molecule has 1 N–H and O–H groups in total. The maximum absolute atomic E-state index is 10.8. The Hall–Kier alpha value is -2.21. The fraction of sp³-hybridized carbons (Fsp3) is 0.400. The van der Waals surface area contributed by atoms with Crippen LogP contribution in [0.5, 0.6) is 0 Å². The number of non-ortho nitro benzene ring substituents is 1. The Balaban J connectivity index is 2.22. The van der Waals surface area contributed by atoms with Crippen LogP contribution >= 0.6 is 0 Å². The summed E-state index contributed by atoms with van der Waals surface area (Å²) in [6.07, 6.45) is 2.05. The van der Waals surface area contributed by atoms with Crippen molar-refractivity contribution in [1.29, 1.82) is 0 Å². The first-order chi connectivity index (χ1) is 10.1. The highest BCUT2D eigenvalue weighted by Crippen LogP contribution is 2.21. The van der Waals surface area contributed by atoms with E-state index in [0.29, 0.717) is 6.61 Å². The van der Waals surface area contributed by atoms with Crippen LogP contribution in [0.25, 0.3) is 10.9 Å². The Labute approximate surface area is 123 Å². The molecule has 6 nitrogen and oxygen atoms in total. The number of methoxy groups -OCH3 is 1. The Kier molecular flexibility index (Phi) is 5.05. The highest BCUT2D eigenvalue weighted by atomic mass is 16.6. The molecule has 0 amide bonds. The van der Waals surface area contributed by atoms with E-state index in [-0.39, 0.29) is 11.7 Å². The minimum absolute atomic E-state index is 0.0771. The minimum Gasteiger partial charge on any atom is -0.383 e. The molecule has 1 heterocycles. The lowest BCUT2D eigenvalue weighted by atomic mass is 10.1. The van der Waals surface area contributed by atoms with Gasteiger partial charge < -0.3 is 10.1 Å². The Morgan fingerprint density at radius 2 is 2.19 bits per heavy atom. The van der Waals surface area contributed by atoms with Gasteiger partial charge >= 0.3 is 0 Å². The van der Waals surface area contributed by atoms with E-state index in [1.165, 1.54) is 12.1 Å². The van der Waals surface area contributed by atoms with Gasteiger partial charge in [0.05, 0.1) is 23.1 Å². The maximum atomic E-state index is 10.8. The van der Waals surface area contributed by atoms with Gasteiger partial charge in [0.2, 0.25) is 0 Å². The summed E-state index contributed by atoms with van der Waals surface area (Å²) >= 11 is 0. The summed E-state index contributed by atoms with van der Waals surface area (Å²) in [5.41, 5.74) is 0.812. The summed E-state index contributed by atoms with van der Waals surface area (Å²) in [5, 5.41) is 14.9. The summed E-state index contributed by atoms with van der Waals surface area (Å²) in [6, 6.07) is 8.56. The summed E-state index contributed by atoms with van der Waals surface area (Å²) < 4.78 is 5.19. The molecule has 1 aromatic carbocycles. The van der Waals surface area contributed by atoms with Crippen LogP contribution in [0.3, 0.4) is 0 Å². The van der Waals surface area contributed by atoms with Crippen molar-refractivity contribution in [2.45, 2.75) is 25.8 Å². The summed E-state index contributed by atoms with van der Waals surface area (Å²) in [6.45, 7) is 2.74. The lowest BCUT2D eigenvalue weighted by Crippen LogP contribution is -2.25.